The zero-order valence-electron chi connectivity index (χ0n) is 13.9. The number of benzene rings is 1. The molecule has 1 aliphatic heterocycles. The fourth-order valence-electron chi connectivity index (χ4n) is 2.52. The molecular formula is C18H17ClN2O4S. The van der Waals surface area contributed by atoms with E-state index in [1.54, 1.807) is 29.2 Å². The average molecular weight is 393 g/mol. The lowest BCUT2D eigenvalue weighted by atomic mass is 10.1. The maximum Gasteiger partial charge on any atom is 0.410 e. The summed E-state index contributed by atoms with van der Waals surface area (Å²) in [6.07, 6.45) is -0.0628. The lowest BCUT2D eigenvalue weighted by molar-refractivity contribution is -0.116. The van der Waals surface area contributed by atoms with E-state index in [4.69, 9.17) is 16.3 Å². The van der Waals surface area contributed by atoms with Gasteiger partial charge in [0.1, 0.15) is 6.61 Å². The molecule has 1 fully saturated rings. The summed E-state index contributed by atoms with van der Waals surface area (Å²) in [5.41, 5.74) is 1.60. The van der Waals surface area contributed by atoms with E-state index in [1.165, 1.54) is 11.3 Å². The largest absolute Gasteiger partial charge is 0.448 e. The van der Waals surface area contributed by atoms with E-state index in [0.717, 1.165) is 5.56 Å². The van der Waals surface area contributed by atoms with Crippen molar-refractivity contribution in [3.8, 4) is 0 Å². The van der Waals surface area contributed by atoms with Crippen molar-refractivity contribution < 1.29 is 19.1 Å². The van der Waals surface area contributed by atoms with Crippen LogP contribution in [0.1, 0.15) is 28.1 Å². The molecule has 26 heavy (non-hydrogen) atoms. The number of nitrogens with zero attached hydrogens (tertiary/aromatic N) is 1. The molecule has 1 aromatic heterocycles. The van der Waals surface area contributed by atoms with E-state index in [0.29, 0.717) is 34.6 Å². The second kappa shape index (κ2) is 8.33. The van der Waals surface area contributed by atoms with Crippen molar-refractivity contribution in [2.24, 2.45) is 0 Å². The summed E-state index contributed by atoms with van der Waals surface area (Å²) in [4.78, 5) is 37.6. The first kappa shape index (κ1) is 18.4. The highest BCUT2D eigenvalue weighted by molar-refractivity contribution is 7.18. The fourth-order valence-corrected chi connectivity index (χ4v) is 3.53. The Labute approximate surface area is 159 Å². The molecule has 0 atom stereocenters. The number of amides is 2. The standard InChI is InChI=1S/C18H17ClN2O4S/c19-16-7-6-15(26-16)14(22)5-8-17(23)20-13-3-1-12(2-4-13)11-21-9-10-25-18(21)24/h1-4,6-7H,5,8-11H2,(H,20,23). The smallest absolute Gasteiger partial charge is 0.410 e. The number of rotatable bonds is 7. The molecule has 0 unspecified atom stereocenters. The van der Waals surface area contributed by atoms with Gasteiger partial charge in [-0.2, -0.15) is 0 Å². The second-order valence-corrected chi connectivity index (χ2v) is 7.52. The Morgan fingerprint density at radius 2 is 1.92 bits per heavy atom. The quantitative estimate of drug-likeness (QED) is 0.724. The third-order valence-electron chi connectivity index (χ3n) is 3.88. The van der Waals surface area contributed by atoms with Crippen molar-refractivity contribution in [3.05, 3.63) is 51.2 Å². The molecule has 2 amide bonds. The van der Waals surface area contributed by atoms with Crippen LogP contribution in [0.3, 0.4) is 0 Å². The van der Waals surface area contributed by atoms with Crippen LogP contribution >= 0.6 is 22.9 Å². The Kier molecular flexibility index (Phi) is 5.90. The molecule has 1 saturated heterocycles. The molecule has 0 saturated carbocycles. The first-order valence-electron chi connectivity index (χ1n) is 8.10. The highest BCUT2D eigenvalue weighted by Crippen LogP contribution is 2.23. The van der Waals surface area contributed by atoms with E-state index in [9.17, 15) is 14.4 Å². The van der Waals surface area contributed by atoms with E-state index >= 15 is 0 Å². The normalized spacial score (nSPS) is 13.6. The van der Waals surface area contributed by atoms with Crippen molar-refractivity contribution in [1.82, 2.24) is 4.90 Å². The molecule has 8 heteroatoms. The van der Waals surface area contributed by atoms with Gasteiger partial charge in [0.2, 0.25) is 5.91 Å². The van der Waals surface area contributed by atoms with Crippen LogP contribution in [-0.4, -0.2) is 35.8 Å². The van der Waals surface area contributed by atoms with Gasteiger partial charge in [-0.3, -0.25) is 9.59 Å². The zero-order valence-corrected chi connectivity index (χ0v) is 15.4. The van der Waals surface area contributed by atoms with Crippen molar-refractivity contribution in [2.75, 3.05) is 18.5 Å². The summed E-state index contributed by atoms with van der Waals surface area (Å²) in [7, 11) is 0. The van der Waals surface area contributed by atoms with Gasteiger partial charge >= 0.3 is 6.09 Å². The van der Waals surface area contributed by atoms with E-state index in [1.807, 2.05) is 12.1 Å². The maximum absolute atomic E-state index is 12.0. The van der Waals surface area contributed by atoms with Gasteiger partial charge in [0, 0.05) is 25.1 Å². The van der Waals surface area contributed by atoms with Gasteiger partial charge in [-0.15, -0.1) is 11.3 Å². The number of carbonyl (C=O) groups is 3. The van der Waals surface area contributed by atoms with Gasteiger partial charge in [0.05, 0.1) is 15.8 Å². The molecule has 2 heterocycles. The van der Waals surface area contributed by atoms with Crippen LogP contribution in [0.25, 0.3) is 0 Å². The minimum Gasteiger partial charge on any atom is -0.448 e. The van der Waals surface area contributed by atoms with Crippen molar-refractivity contribution in [1.29, 1.82) is 0 Å². The number of Topliss-reactive ketones (excluding diaryl/α,β-unsaturated/α-hetero) is 1. The van der Waals surface area contributed by atoms with E-state index < -0.39 is 0 Å². The number of ketones is 1. The summed E-state index contributed by atoms with van der Waals surface area (Å²) >= 11 is 7.02. The summed E-state index contributed by atoms with van der Waals surface area (Å²) < 4.78 is 5.45. The van der Waals surface area contributed by atoms with Crippen LogP contribution < -0.4 is 5.32 Å². The number of anilines is 1. The highest BCUT2D eigenvalue weighted by atomic mass is 35.5. The summed E-state index contributed by atoms with van der Waals surface area (Å²) in [5.74, 6) is -0.318. The monoisotopic (exact) mass is 392 g/mol. The molecule has 3 rings (SSSR count). The average Bonchev–Trinajstić information content (AvgIpc) is 3.23. The lowest BCUT2D eigenvalue weighted by Crippen LogP contribution is -2.23. The third kappa shape index (κ3) is 4.83. The van der Waals surface area contributed by atoms with Crippen molar-refractivity contribution >= 4 is 46.4 Å². The molecule has 0 spiro atoms. The molecule has 0 aliphatic carbocycles. The zero-order chi connectivity index (χ0) is 18.5. The highest BCUT2D eigenvalue weighted by Gasteiger charge is 2.21. The minimum atomic E-state index is -0.306. The molecule has 136 valence electrons. The second-order valence-electron chi connectivity index (χ2n) is 5.81. The van der Waals surface area contributed by atoms with Crippen LogP contribution in [-0.2, 0) is 16.1 Å². The Hall–Kier alpha value is -2.38. The van der Waals surface area contributed by atoms with Gasteiger partial charge in [-0.25, -0.2) is 4.79 Å². The summed E-state index contributed by atoms with van der Waals surface area (Å²) in [5, 5.41) is 2.76. The maximum atomic E-state index is 12.0. The molecule has 1 aromatic carbocycles. The number of nitrogens with one attached hydrogen (secondary N) is 1. The molecule has 1 aliphatic rings. The lowest BCUT2D eigenvalue weighted by Gasteiger charge is -2.13. The van der Waals surface area contributed by atoms with Crippen molar-refractivity contribution in [3.63, 3.8) is 0 Å². The first-order chi connectivity index (χ1) is 12.5. The summed E-state index contributed by atoms with van der Waals surface area (Å²) in [6, 6.07) is 10.6. The topological polar surface area (TPSA) is 75.7 Å². The molecule has 1 N–H and O–H groups in total. The first-order valence-corrected chi connectivity index (χ1v) is 9.30. The molecule has 0 bridgehead atoms. The molecule has 2 aromatic rings. The van der Waals surface area contributed by atoms with Crippen LogP contribution in [0.5, 0.6) is 0 Å². The van der Waals surface area contributed by atoms with Gasteiger partial charge in [0.15, 0.2) is 5.78 Å². The molecular weight excluding hydrogens is 376 g/mol. The molecule has 0 radical (unpaired) electrons. The van der Waals surface area contributed by atoms with Gasteiger partial charge in [-0.05, 0) is 29.8 Å². The number of ether oxygens (including phenoxy) is 1. The number of hydrogen-bond donors (Lipinski definition) is 1. The van der Waals surface area contributed by atoms with Crippen LogP contribution in [0.4, 0.5) is 10.5 Å². The van der Waals surface area contributed by atoms with E-state index in [2.05, 4.69) is 5.32 Å². The number of cyclic esters (lactones) is 1. The number of carbonyl (C=O) groups excluding carboxylic acids is 3. The third-order valence-corrected chi connectivity index (χ3v) is 5.16. The predicted octanol–water partition coefficient (Wildman–Crippen LogP) is 3.96. The van der Waals surface area contributed by atoms with Crippen LogP contribution in [0.15, 0.2) is 36.4 Å². The van der Waals surface area contributed by atoms with Crippen LogP contribution in [0, 0.1) is 0 Å². The number of halogens is 1. The van der Waals surface area contributed by atoms with Gasteiger partial charge in [0.25, 0.3) is 0 Å². The molecule has 6 nitrogen and oxygen atoms in total. The fraction of sp³-hybridized carbons (Fsp3) is 0.278. The minimum absolute atomic E-state index is 0.0927. The van der Waals surface area contributed by atoms with Gasteiger partial charge in [-0.1, -0.05) is 23.7 Å². The Morgan fingerprint density at radius 3 is 2.54 bits per heavy atom. The summed E-state index contributed by atoms with van der Waals surface area (Å²) in [6.45, 7) is 1.48. The Bertz CT molecular complexity index is 819. The number of thiophene rings is 1. The Morgan fingerprint density at radius 1 is 1.15 bits per heavy atom. The van der Waals surface area contributed by atoms with E-state index in [-0.39, 0.29) is 30.6 Å². The SMILES string of the molecule is O=C(CCC(=O)c1ccc(Cl)s1)Nc1ccc(CN2CCOC2=O)cc1. The Balaban J connectivity index is 1.46. The number of hydrogen-bond acceptors (Lipinski definition) is 5. The van der Waals surface area contributed by atoms with Crippen LogP contribution in [0.2, 0.25) is 4.34 Å². The predicted molar refractivity (Wildman–Crippen MR) is 99.7 cm³/mol. The van der Waals surface area contributed by atoms with Crippen molar-refractivity contribution in [2.45, 2.75) is 19.4 Å². The van der Waals surface area contributed by atoms with Gasteiger partial charge < -0.3 is 15.0 Å².